The molecule has 0 rings (SSSR count). The van der Waals surface area contributed by atoms with Gasteiger partial charge in [-0.1, -0.05) is 84.0 Å². The van der Waals surface area contributed by atoms with Gasteiger partial charge in [0, 0.05) is 0 Å². The molecule has 0 fully saturated rings. The first-order chi connectivity index (χ1) is 11.8. The fraction of sp³-hybridized carbons (Fsp3) is 0.857. The molecule has 0 saturated heterocycles. The molecule has 142 valence electrons. The molecule has 0 spiro atoms. The summed E-state index contributed by atoms with van der Waals surface area (Å²) < 4.78 is 10.00. The van der Waals surface area contributed by atoms with Crippen LogP contribution in [0.2, 0.25) is 0 Å². The first-order valence-corrected chi connectivity index (χ1v) is 10.2. The summed E-state index contributed by atoms with van der Waals surface area (Å²) in [6.45, 7) is 4.65. The van der Waals surface area contributed by atoms with Crippen molar-refractivity contribution < 1.29 is 14.3 Å². The monoisotopic (exact) mass is 340 g/mol. The Labute approximate surface area is 150 Å². The number of methoxy groups -OCH3 is 1. The molecule has 0 aliphatic rings. The number of unbranched alkanes of at least 4 members (excludes halogenated alkanes) is 13. The number of rotatable bonds is 17. The third kappa shape index (κ3) is 14.6. The van der Waals surface area contributed by atoms with Crippen molar-refractivity contribution in [2.75, 3.05) is 13.7 Å². The second kappa shape index (κ2) is 18.4. The first-order valence-electron chi connectivity index (χ1n) is 10.2. The van der Waals surface area contributed by atoms with Crippen molar-refractivity contribution in [3.8, 4) is 0 Å². The van der Waals surface area contributed by atoms with E-state index in [9.17, 15) is 4.79 Å². The molecule has 0 radical (unpaired) electrons. The van der Waals surface area contributed by atoms with Gasteiger partial charge in [-0.25, -0.2) is 4.79 Å². The van der Waals surface area contributed by atoms with Crippen molar-refractivity contribution in [3.05, 3.63) is 11.8 Å². The van der Waals surface area contributed by atoms with Gasteiger partial charge < -0.3 is 9.47 Å². The lowest BCUT2D eigenvalue weighted by molar-refractivity contribution is -0.140. The number of carbonyl (C=O) groups is 1. The topological polar surface area (TPSA) is 35.5 Å². The molecular weight excluding hydrogens is 300 g/mol. The van der Waals surface area contributed by atoms with E-state index in [4.69, 9.17) is 9.47 Å². The van der Waals surface area contributed by atoms with E-state index < -0.39 is 0 Å². The van der Waals surface area contributed by atoms with E-state index in [-0.39, 0.29) is 5.97 Å². The Morgan fingerprint density at radius 1 is 0.750 bits per heavy atom. The first kappa shape index (κ1) is 23.0. The zero-order chi connectivity index (χ0) is 17.9. The largest absolute Gasteiger partial charge is 0.487 e. The summed E-state index contributed by atoms with van der Waals surface area (Å²) in [6.07, 6.45) is 20.4. The van der Waals surface area contributed by atoms with Crippen LogP contribution in [-0.2, 0) is 14.3 Å². The van der Waals surface area contributed by atoms with Crippen LogP contribution in [0.25, 0.3) is 0 Å². The second-order valence-electron chi connectivity index (χ2n) is 6.52. The highest BCUT2D eigenvalue weighted by Crippen LogP contribution is 2.13. The van der Waals surface area contributed by atoms with Gasteiger partial charge in [-0.2, -0.15) is 0 Å². The van der Waals surface area contributed by atoms with Gasteiger partial charge in [0.1, 0.15) is 0 Å². The smallest absolute Gasteiger partial charge is 0.372 e. The summed E-state index contributed by atoms with van der Waals surface area (Å²) in [6, 6.07) is 0. The molecule has 0 aromatic rings. The van der Waals surface area contributed by atoms with Gasteiger partial charge in [0.25, 0.3) is 0 Å². The van der Waals surface area contributed by atoms with Crippen LogP contribution in [0.3, 0.4) is 0 Å². The zero-order valence-electron chi connectivity index (χ0n) is 16.4. The molecule has 0 saturated carbocycles. The molecule has 0 amide bonds. The Kier molecular flexibility index (Phi) is 17.6. The van der Waals surface area contributed by atoms with Gasteiger partial charge >= 0.3 is 5.97 Å². The molecule has 0 unspecified atom stereocenters. The Morgan fingerprint density at radius 2 is 1.21 bits per heavy atom. The minimum absolute atomic E-state index is 0.360. The third-order valence-electron chi connectivity index (χ3n) is 4.32. The van der Waals surface area contributed by atoms with Crippen LogP contribution in [0.4, 0.5) is 0 Å². The van der Waals surface area contributed by atoms with Gasteiger partial charge in [-0.3, -0.25) is 0 Å². The van der Waals surface area contributed by atoms with Crippen LogP contribution >= 0.6 is 0 Å². The van der Waals surface area contributed by atoms with Crippen LogP contribution in [0.1, 0.15) is 104 Å². The van der Waals surface area contributed by atoms with Crippen molar-refractivity contribution in [1.82, 2.24) is 0 Å². The van der Waals surface area contributed by atoms with E-state index in [1.165, 1.54) is 84.2 Å². The van der Waals surface area contributed by atoms with E-state index in [1.807, 2.05) is 13.0 Å². The Bertz CT molecular complexity index is 310. The normalized spacial score (nSPS) is 11.5. The third-order valence-corrected chi connectivity index (χ3v) is 4.32. The maximum absolute atomic E-state index is 11.5. The molecule has 0 bridgehead atoms. The summed E-state index contributed by atoms with van der Waals surface area (Å²) >= 11 is 0. The molecular formula is C21H40O3. The van der Waals surface area contributed by atoms with E-state index in [0.29, 0.717) is 12.4 Å². The summed E-state index contributed by atoms with van der Waals surface area (Å²) in [5, 5.41) is 0. The highest BCUT2D eigenvalue weighted by molar-refractivity contribution is 5.86. The molecule has 3 nitrogen and oxygen atoms in total. The number of ether oxygens (including phenoxy) is 2. The van der Waals surface area contributed by atoms with Crippen LogP contribution < -0.4 is 0 Å². The summed E-state index contributed by atoms with van der Waals surface area (Å²) in [5.74, 6) is -0.00881. The fourth-order valence-corrected chi connectivity index (χ4v) is 2.85. The Morgan fingerprint density at radius 3 is 1.62 bits per heavy atom. The van der Waals surface area contributed by atoms with E-state index in [0.717, 1.165) is 12.8 Å². The minimum atomic E-state index is -0.369. The van der Waals surface area contributed by atoms with Crippen LogP contribution in [0, 0.1) is 0 Å². The van der Waals surface area contributed by atoms with Crippen molar-refractivity contribution in [2.24, 2.45) is 0 Å². The number of hydrogen-bond donors (Lipinski definition) is 0. The summed E-state index contributed by atoms with van der Waals surface area (Å²) in [5.41, 5.74) is 0. The lowest BCUT2D eigenvalue weighted by Gasteiger charge is -2.06. The molecule has 3 heteroatoms. The molecule has 24 heavy (non-hydrogen) atoms. The maximum atomic E-state index is 11.5. The molecule has 0 aromatic carbocycles. The lowest BCUT2D eigenvalue weighted by Crippen LogP contribution is -2.08. The summed E-state index contributed by atoms with van der Waals surface area (Å²) in [4.78, 5) is 11.5. The van der Waals surface area contributed by atoms with Crippen molar-refractivity contribution in [2.45, 2.75) is 104 Å². The van der Waals surface area contributed by atoms with Crippen LogP contribution in [0.5, 0.6) is 0 Å². The molecule has 0 aliphatic carbocycles. The standard InChI is InChI=1S/C21H40O3/c1-4-6-7-8-9-10-11-12-13-14-15-16-17-18-19-20(24-5-2)21(22)23-3/h19H,4-18H2,1-3H3. The van der Waals surface area contributed by atoms with Gasteiger partial charge in [-0.15, -0.1) is 0 Å². The quantitative estimate of drug-likeness (QED) is 0.130. The van der Waals surface area contributed by atoms with Crippen molar-refractivity contribution in [3.63, 3.8) is 0 Å². The van der Waals surface area contributed by atoms with Gasteiger partial charge in [0.2, 0.25) is 5.76 Å². The fourth-order valence-electron chi connectivity index (χ4n) is 2.85. The Hall–Kier alpha value is -0.990. The summed E-state index contributed by atoms with van der Waals surface area (Å²) in [7, 11) is 1.39. The van der Waals surface area contributed by atoms with Gasteiger partial charge in [0.05, 0.1) is 13.7 Å². The second-order valence-corrected chi connectivity index (χ2v) is 6.52. The van der Waals surface area contributed by atoms with Crippen molar-refractivity contribution in [1.29, 1.82) is 0 Å². The highest BCUT2D eigenvalue weighted by atomic mass is 16.6. The number of hydrogen-bond acceptors (Lipinski definition) is 3. The van der Waals surface area contributed by atoms with E-state index in [2.05, 4.69) is 6.92 Å². The molecule has 0 aliphatic heterocycles. The number of carbonyl (C=O) groups excluding carboxylic acids is 1. The SMILES string of the molecule is CCCCCCCCCCCCCCCC=C(OCC)C(=O)OC. The van der Waals surface area contributed by atoms with Crippen molar-refractivity contribution >= 4 is 5.97 Å². The van der Waals surface area contributed by atoms with Gasteiger partial charge in [-0.05, 0) is 25.8 Å². The van der Waals surface area contributed by atoms with E-state index >= 15 is 0 Å². The maximum Gasteiger partial charge on any atom is 0.372 e. The molecule has 0 aromatic heterocycles. The molecule has 0 N–H and O–H groups in total. The highest BCUT2D eigenvalue weighted by Gasteiger charge is 2.09. The van der Waals surface area contributed by atoms with Crippen LogP contribution in [-0.4, -0.2) is 19.7 Å². The predicted molar refractivity (Wildman–Crippen MR) is 102 cm³/mol. The lowest BCUT2D eigenvalue weighted by atomic mass is 10.0. The average molecular weight is 341 g/mol. The number of allylic oxidation sites excluding steroid dienone is 1. The van der Waals surface area contributed by atoms with Crippen LogP contribution in [0.15, 0.2) is 11.8 Å². The average Bonchev–Trinajstić information content (AvgIpc) is 2.60. The zero-order valence-corrected chi connectivity index (χ0v) is 16.4. The van der Waals surface area contributed by atoms with E-state index in [1.54, 1.807) is 0 Å². The predicted octanol–water partition coefficient (Wildman–Crippen LogP) is 6.56. The van der Waals surface area contributed by atoms with Gasteiger partial charge in [0.15, 0.2) is 0 Å². The molecule has 0 heterocycles. The molecule has 0 atom stereocenters. The number of esters is 1. The minimum Gasteiger partial charge on any atom is -0.487 e. The Balaban J connectivity index is 3.39.